The first-order valence-corrected chi connectivity index (χ1v) is 8.60. The number of rotatable bonds is 4. The van der Waals surface area contributed by atoms with Gasteiger partial charge in [-0.3, -0.25) is 4.79 Å². The van der Waals surface area contributed by atoms with Crippen LogP contribution in [0, 0.1) is 6.92 Å². The molecule has 0 aliphatic carbocycles. The van der Waals surface area contributed by atoms with E-state index < -0.39 is 0 Å². The highest BCUT2D eigenvalue weighted by Crippen LogP contribution is 2.32. The van der Waals surface area contributed by atoms with Crippen LogP contribution in [0.15, 0.2) is 42.5 Å². The molecule has 1 atom stereocenters. The Labute approximate surface area is 144 Å². The first kappa shape index (κ1) is 16.6. The van der Waals surface area contributed by atoms with Gasteiger partial charge in [-0.25, -0.2) is 0 Å². The lowest BCUT2D eigenvalue weighted by Gasteiger charge is -2.23. The highest BCUT2D eigenvalue weighted by Gasteiger charge is 2.30. The minimum absolute atomic E-state index is 0.0173. The maximum absolute atomic E-state index is 12.8. The van der Waals surface area contributed by atoms with Crippen molar-refractivity contribution in [1.82, 2.24) is 0 Å². The van der Waals surface area contributed by atoms with Gasteiger partial charge in [-0.1, -0.05) is 44.2 Å². The van der Waals surface area contributed by atoms with E-state index >= 15 is 0 Å². The van der Waals surface area contributed by atoms with E-state index in [0.717, 1.165) is 29.0 Å². The number of aryl methyl sites for hydroxylation is 1. The lowest BCUT2D eigenvalue weighted by atomic mass is 10.0. The average molecular weight is 323 g/mol. The third kappa shape index (κ3) is 3.16. The van der Waals surface area contributed by atoms with Crippen molar-refractivity contribution in [2.24, 2.45) is 0 Å². The Balaban J connectivity index is 1.76. The van der Waals surface area contributed by atoms with Crippen molar-refractivity contribution >= 4 is 11.6 Å². The van der Waals surface area contributed by atoms with Crippen LogP contribution < -0.4 is 9.64 Å². The molecule has 3 nitrogen and oxygen atoms in total. The van der Waals surface area contributed by atoms with Crippen LogP contribution >= 0.6 is 0 Å². The second-order valence-corrected chi connectivity index (χ2v) is 6.93. The molecule has 1 unspecified atom stereocenters. The summed E-state index contributed by atoms with van der Waals surface area (Å²) in [7, 11) is 0. The Morgan fingerprint density at radius 1 is 1.25 bits per heavy atom. The van der Waals surface area contributed by atoms with Crippen LogP contribution in [-0.2, 0) is 11.2 Å². The highest BCUT2D eigenvalue weighted by atomic mass is 16.5. The topological polar surface area (TPSA) is 29.5 Å². The molecule has 0 saturated heterocycles. The van der Waals surface area contributed by atoms with Crippen LogP contribution in [0.5, 0.6) is 5.75 Å². The van der Waals surface area contributed by atoms with Crippen LogP contribution in [0.4, 0.5) is 5.69 Å². The summed E-state index contributed by atoms with van der Waals surface area (Å²) in [6.07, 6.45) is 0.906. The second-order valence-electron chi connectivity index (χ2n) is 6.93. The Kier molecular flexibility index (Phi) is 4.61. The Morgan fingerprint density at radius 3 is 2.75 bits per heavy atom. The van der Waals surface area contributed by atoms with E-state index in [0.29, 0.717) is 5.92 Å². The maximum atomic E-state index is 12.8. The van der Waals surface area contributed by atoms with E-state index in [2.05, 4.69) is 39.0 Å². The van der Waals surface area contributed by atoms with Crippen molar-refractivity contribution < 1.29 is 9.53 Å². The van der Waals surface area contributed by atoms with Crippen molar-refractivity contribution in [3.8, 4) is 5.75 Å². The zero-order valence-electron chi connectivity index (χ0n) is 14.9. The molecule has 0 fully saturated rings. The molecule has 1 amide bonds. The number of benzene rings is 2. The van der Waals surface area contributed by atoms with Gasteiger partial charge in [0.15, 0.2) is 6.61 Å². The lowest BCUT2D eigenvalue weighted by molar-refractivity contribution is -0.120. The van der Waals surface area contributed by atoms with Crippen LogP contribution in [0.25, 0.3) is 0 Å². The molecule has 3 heteroatoms. The highest BCUT2D eigenvalue weighted by molar-refractivity contribution is 5.97. The van der Waals surface area contributed by atoms with Crippen LogP contribution in [0.2, 0.25) is 0 Å². The number of fused-ring (bicyclic) bond motifs is 1. The smallest absolute Gasteiger partial charge is 0.265 e. The number of hydrogen-bond acceptors (Lipinski definition) is 2. The SMILES string of the molecule is Cc1ccc(C(C)C)c(OCC(=O)N2c3ccccc3CC2C)c1. The molecule has 0 N–H and O–H groups in total. The summed E-state index contributed by atoms with van der Waals surface area (Å²) in [5, 5.41) is 0. The van der Waals surface area contributed by atoms with Gasteiger partial charge < -0.3 is 9.64 Å². The first-order valence-electron chi connectivity index (χ1n) is 8.60. The molecule has 126 valence electrons. The third-order valence-electron chi connectivity index (χ3n) is 4.62. The van der Waals surface area contributed by atoms with Crippen LogP contribution in [0.1, 0.15) is 43.4 Å². The molecular weight excluding hydrogens is 298 g/mol. The summed E-state index contributed by atoms with van der Waals surface area (Å²) in [4.78, 5) is 14.6. The summed E-state index contributed by atoms with van der Waals surface area (Å²) in [5.74, 6) is 1.20. The van der Waals surface area contributed by atoms with Crippen LogP contribution in [0.3, 0.4) is 0 Å². The van der Waals surface area contributed by atoms with Crippen molar-refractivity contribution in [3.63, 3.8) is 0 Å². The van der Waals surface area contributed by atoms with E-state index in [1.165, 1.54) is 5.56 Å². The monoisotopic (exact) mass is 323 g/mol. The van der Waals surface area contributed by atoms with Gasteiger partial charge in [-0.15, -0.1) is 0 Å². The minimum atomic E-state index is 0.0173. The standard InChI is InChI=1S/C21H25NO2/c1-14(2)18-10-9-15(3)11-20(18)24-13-21(23)22-16(4)12-17-7-5-6-8-19(17)22/h5-11,14,16H,12-13H2,1-4H3. The van der Waals surface area contributed by atoms with Crippen molar-refractivity contribution in [3.05, 3.63) is 59.2 Å². The van der Waals surface area contributed by atoms with Gasteiger partial charge in [0.1, 0.15) is 5.75 Å². The number of hydrogen-bond donors (Lipinski definition) is 0. The molecular formula is C21H25NO2. The third-order valence-corrected chi connectivity index (χ3v) is 4.62. The molecule has 0 radical (unpaired) electrons. The number of anilines is 1. The zero-order chi connectivity index (χ0) is 17.3. The van der Waals surface area contributed by atoms with Gasteiger partial charge in [0, 0.05) is 11.7 Å². The maximum Gasteiger partial charge on any atom is 0.265 e. The normalized spacial score (nSPS) is 16.4. The number of nitrogens with zero attached hydrogens (tertiary/aromatic N) is 1. The second kappa shape index (κ2) is 6.68. The quantitative estimate of drug-likeness (QED) is 0.830. The number of carbonyl (C=O) groups excluding carboxylic acids is 1. The van der Waals surface area contributed by atoms with Gasteiger partial charge in [0.2, 0.25) is 0 Å². The van der Waals surface area contributed by atoms with Crippen molar-refractivity contribution in [2.75, 3.05) is 11.5 Å². The molecule has 0 bridgehead atoms. The zero-order valence-corrected chi connectivity index (χ0v) is 14.9. The number of ether oxygens (including phenoxy) is 1. The number of amides is 1. The van der Waals surface area contributed by atoms with E-state index in [1.54, 1.807) is 0 Å². The number of carbonyl (C=O) groups is 1. The largest absolute Gasteiger partial charge is 0.483 e. The average Bonchev–Trinajstić information content (AvgIpc) is 2.88. The molecule has 1 aliphatic heterocycles. The Bertz CT molecular complexity index is 751. The van der Waals surface area contributed by atoms with E-state index in [9.17, 15) is 4.79 Å². The van der Waals surface area contributed by atoms with E-state index in [1.807, 2.05) is 36.1 Å². The summed E-state index contributed by atoms with van der Waals surface area (Å²) >= 11 is 0. The Morgan fingerprint density at radius 2 is 2.00 bits per heavy atom. The number of para-hydroxylation sites is 1. The molecule has 2 aromatic carbocycles. The molecule has 1 heterocycles. The fourth-order valence-corrected chi connectivity index (χ4v) is 3.40. The summed E-state index contributed by atoms with van der Waals surface area (Å²) in [6.45, 7) is 8.47. The first-order chi connectivity index (χ1) is 11.5. The fourth-order valence-electron chi connectivity index (χ4n) is 3.40. The van der Waals surface area contributed by atoms with Gasteiger partial charge in [0.05, 0.1) is 0 Å². The van der Waals surface area contributed by atoms with Crippen LogP contribution in [-0.4, -0.2) is 18.6 Å². The van der Waals surface area contributed by atoms with Gasteiger partial charge >= 0.3 is 0 Å². The van der Waals surface area contributed by atoms with Gasteiger partial charge in [-0.05, 0) is 55.0 Å². The molecule has 0 spiro atoms. The Hall–Kier alpha value is -2.29. The molecule has 0 saturated carbocycles. The summed E-state index contributed by atoms with van der Waals surface area (Å²) < 4.78 is 5.93. The molecule has 2 aromatic rings. The van der Waals surface area contributed by atoms with Gasteiger partial charge in [-0.2, -0.15) is 0 Å². The van der Waals surface area contributed by atoms with Gasteiger partial charge in [0.25, 0.3) is 5.91 Å². The van der Waals surface area contributed by atoms with E-state index in [4.69, 9.17) is 4.74 Å². The minimum Gasteiger partial charge on any atom is -0.483 e. The fraction of sp³-hybridized carbons (Fsp3) is 0.381. The molecule has 0 aromatic heterocycles. The van der Waals surface area contributed by atoms with E-state index in [-0.39, 0.29) is 18.6 Å². The molecule has 1 aliphatic rings. The molecule has 3 rings (SSSR count). The summed E-state index contributed by atoms with van der Waals surface area (Å²) in [6, 6.07) is 14.5. The predicted molar refractivity (Wildman–Crippen MR) is 97.9 cm³/mol. The summed E-state index contributed by atoms with van der Waals surface area (Å²) in [5.41, 5.74) is 4.54. The molecule has 24 heavy (non-hydrogen) atoms. The van der Waals surface area contributed by atoms with Crippen molar-refractivity contribution in [2.45, 2.75) is 46.1 Å². The predicted octanol–water partition coefficient (Wildman–Crippen LogP) is 4.48. The van der Waals surface area contributed by atoms with Crippen molar-refractivity contribution in [1.29, 1.82) is 0 Å². The lowest BCUT2D eigenvalue weighted by Crippen LogP contribution is -2.39.